The molecule has 5 nitrogen and oxygen atoms in total. The Labute approximate surface area is 179 Å². The van der Waals surface area contributed by atoms with Gasteiger partial charge in [0.2, 0.25) is 0 Å². The SMILES string of the molecule is CCC(=O)OC1C2CC2C2C3C4CC5(CC6(CCC5(C)C3CCC12C)OCCO6)O4. The molecule has 3 aliphatic heterocycles. The molecule has 0 amide bonds. The summed E-state index contributed by atoms with van der Waals surface area (Å²) in [6.07, 6.45) is 8.95. The van der Waals surface area contributed by atoms with Gasteiger partial charge in [0.1, 0.15) is 6.10 Å². The van der Waals surface area contributed by atoms with Gasteiger partial charge in [-0.1, -0.05) is 20.8 Å². The molecule has 0 aromatic rings. The first-order valence-electron chi connectivity index (χ1n) is 12.5. The molecule has 0 aromatic heterocycles. The zero-order valence-electron chi connectivity index (χ0n) is 18.7. The van der Waals surface area contributed by atoms with E-state index in [0.29, 0.717) is 30.3 Å². The highest BCUT2D eigenvalue weighted by Gasteiger charge is 2.79. The molecule has 10 atom stereocenters. The summed E-state index contributed by atoms with van der Waals surface area (Å²) in [6.45, 7) is 8.33. The van der Waals surface area contributed by atoms with Crippen molar-refractivity contribution in [3.05, 3.63) is 0 Å². The van der Waals surface area contributed by atoms with Gasteiger partial charge in [0, 0.05) is 36.5 Å². The van der Waals surface area contributed by atoms with Gasteiger partial charge in [-0.15, -0.1) is 0 Å². The fourth-order valence-electron chi connectivity index (χ4n) is 9.76. The average molecular weight is 417 g/mol. The first-order valence-corrected chi connectivity index (χ1v) is 12.5. The van der Waals surface area contributed by atoms with Gasteiger partial charge < -0.3 is 18.9 Å². The summed E-state index contributed by atoms with van der Waals surface area (Å²) in [5.41, 5.74) is 0.310. The lowest BCUT2D eigenvalue weighted by Crippen LogP contribution is -2.77. The van der Waals surface area contributed by atoms with Crippen LogP contribution in [0, 0.1) is 40.4 Å². The van der Waals surface area contributed by atoms with Crippen LogP contribution in [0.25, 0.3) is 0 Å². The molecular weight excluding hydrogens is 380 g/mol. The van der Waals surface area contributed by atoms with Crippen LogP contribution in [0.4, 0.5) is 0 Å². The minimum atomic E-state index is -0.380. The van der Waals surface area contributed by atoms with Crippen LogP contribution in [0.1, 0.15) is 72.1 Å². The van der Waals surface area contributed by atoms with Gasteiger partial charge >= 0.3 is 5.97 Å². The summed E-state index contributed by atoms with van der Waals surface area (Å²) in [7, 11) is 0. The van der Waals surface area contributed by atoms with Gasteiger partial charge in [0.15, 0.2) is 5.79 Å². The van der Waals surface area contributed by atoms with Gasteiger partial charge in [-0.25, -0.2) is 0 Å². The van der Waals surface area contributed by atoms with E-state index in [1.807, 2.05) is 6.92 Å². The minimum Gasteiger partial charge on any atom is -0.461 e. The van der Waals surface area contributed by atoms with Crippen molar-refractivity contribution in [3.8, 4) is 0 Å². The first kappa shape index (κ1) is 18.9. The largest absolute Gasteiger partial charge is 0.461 e. The molecule has 10 unspecified atom stereocenters. The Morgan fingerprint density at radius 1 is 1.10 bits per heavy atom. The maximum Gasteiger partial charge on any atom is 0.305 e. The van der Waals surface area contributed by atoms with Crippen LogP contribution in [0.2, 0.25) is 0 Å². The number of hydrogen-bond donors (Lipinski definition) is 0. The van der Waals surface area contributed by atoms with E-state index in [9.17, 15) is 4.79 Å². The van der Waals surface area contributed by atoms with Gasteiger partial charge in [0.25, 0.3) is 0 Å². The quantitative estimate of drug-likeness (QED) is 0.635. The molecule has 0 N–H and O–H groups in total. The van der Waals surface area contributed by atoms with Crippen molar-refractivity contribution in [1.29, 1.82) is 0 Å². The van der Waals surface area contributed by atoms with Crippen molar-refractivity contribution in [2.45, 2.75) is 95.7 Å². The third-order valence-corrected chi connectivity index (χ3v) is 11.2. The molecule has 8 rings (SSSR count). The number of hydrogen-bond acceptors (Lipinski definition) is 5. The highest BCUT2D eigenvalue weighted by molar-refractivity contribution is 5.69. The third kappa shape index (κ3) is 2.05. The second-order valence-corrected chi connectivity index (χ2v) is 12.1. The van der Waals surface area contributed by atoms with Crippen molar-refractivity contribution >= 4 is 5.97 Å². The molecule has 166 valence electrons. The second-order valence-electron chi connectivity index (χ2n) is 12.1. The predicted octanol–water partition coefficient (Wildman–Crippen LogP) is 4.08. The molecule has 8 aliphatic rings. The second kappa shape index (κ2) is 5.63. The van der Waals surface area contributed by atoms with Gasteiger partial charge in [-0.3, -0.25) is 4.79 Å². The standard InChI is InChI=1S/C25H36O5/c1-4-18(26)29-21-15-11-14(15)20-19-16(5-6-22(20,21)2)23(3)7-8-25(27-9-10-28-25)13-24(23)12-17(19)30-24/h14-17,19-21H,4-13H2,1-3H3. The van der Waals surface area contributed by atoms with Crippen LogP contribution < -0.4 is 0 Å². The van der Waals surface area contributed by atoms with E-state index in [1.165, 1.54) is 25.7 Å². The predicted molar refractivity (Wildman–Crippen MR) is 108 cm³/mol. The van der Waals surface area contributed by atoms with E-state index in [-0.39, 0.29) is 34.3 Å². The van der Waals surface area contributed by atoms with Gasteiger partial charge in [-0.2, -0.15) is 0 Å². The molecule has 2 spiro atoms. The van der Waals surface area contributed by atoms with Crippen LogP contribution in [-0.4, -0.2) is 42.8 Å². The number of esters is 1. The van der Waals surface area contributed by atoms with Crippen LogP contribution >= 0.6 is 0 Å². The van der Waals surface area contributed by atoms with Crippen molar-refractivity contribution in [1.82, 2.24) is 0 Å². The van der Waals surface area contributed by atoms with E-state index in [2.05, 4.69) is 13.8 Å². The monoisotopic (exact) mass is 416 g/mol. The van der Waals surface area contributed by atoms with Crippen molar-refractivity contribution in [2.75, 3.05) is 13.2 Å². The van der Waals surface area contributed by atoms with Crippen molar-refractivity contribution in [2.24, 2.45) is 40.4 Å². The Morgan fingerprint density at radius 2 is 1.87 bits per heavy atom. The molecule has 8 fully saturated rings. The molecule has 3 heterocycles. The smallest absolute Gasteiger partial charge is 0.305 e. The molecule has 2 bridgehead atoms. The van der Waals surface area contributed by atoms with E-state index in [4.69, 9.17) is 18.9 Å². The number of carbonyl (C=O) groups excluding carboxylic acids is 1. The van der Waals surface area contributed by atoms with Crippen LogP contribution in [0.15, 0.2) is 0 Å². The Bertz CT molecular complexity index is 782. The number of rotatable bonds is 2. The van der Waals surface area contributed by atoms with Crippen LogP contribution in [0.3, 0.4) is 0 Å². The van der Waals surface area contributed by atoms with E-state index in [0.717, 1.165) is 44.3 Å². The lowest BCUT2D eigenvalue weighted by atomic mass is 9.39. The van der Waals surface area contributed by atoms with E-state index in [1.54, 1.807) is 0 Å². The zero-order chi connectivity index (χ0) is 20.5. The lowest BCUT2D eigenvalue weighted by Gasteiger charge is -2.74. The molecular formula is C25H36O5. The molecule has 0 radical (unpaired) electrons. The van der Waals surface area contributed by atoms with E-state index >= 15 is 0 Å². The molecule has 0 aromatic carbocycles. The van der Waals surface area contributed by atoms with Crippen LogP contribution in [0.5, 0.6) is 0 Å². The summed E-state index contributed by atoms with van der Waals surface area (Å²) in [6, 6.07) is 0. The summed E-state index contributed by atoms with van der Waals surface area (Å²) in [4.78, 5) is 12.2. The zero-order valence-corrected chi connectivity index (χ0v) is 18.7. The number of ether oxygens (including phenoxy) is 4. The summed E-state index contributed by atoms with van der Waals surface area (Å²) in [5, 5.41) is 0. The fraction of sp³-hybridized carbons (Fsp3) is 0.960. The molecule has 30 heavy (non-hydrogen) atoms. The summed E-state index contributed by atoms with van der Waals surface area (Å²) in [5.74, 6) is 2.97. The van der Waals surface area contributed by atoms with Crippen LogP contribution in [-0.2, 0) is 23.7 Å². The van der Waals surface area contributed by atoms with Gasteiger partial charge in [-0.05, 0) is 55.3 Å². The minimum absolute atomic E-state index is 0.0155. The molecule has 5 saturated carbocycles. The maximum atomic E-state index is 12.2. The van der Waals surface area contributed by atoms with Crippen molar-refractivity contribution in [3.63, 3.8) is 0 Å². The molecule has 5 aliphatic carbocycles. The normalized spacial score (nSPS) is 58.8. The third-order valence-electron chi connectivity index (χ3n) is 11.2. The molecule has 3 saturated heterocycles. The Morgan fingerprint density at radius 3 is 2.60 bits per heavy atom. The lowest BCUT2D eigenvalue weighted by molar-refractivity contribution is -0.399. The average Bonchev–Trinajstić information content (AvgIpc) is 3.26. The van der Waals surface area contributed by atoms with Crippen molar-refractivity contribution < 1.29 is 23.7 Å². The molecule has 5 heteroatoms. The Kier molecular flexibility index (Phi) is 3.55. The summed E-state index contributed by atoms with van der Waals surface area (Å²) < 4.78 is 25.3. The van der Waals surface area contributed by atoms with E-state index < -0.39 is 0 Å². The highest BCUT2D eigenvalue weighted by atomic mass is 16.7. The highest BCUT2D eigenvalue weighted by Crippen LogP contribution is 2.78. The fourth-order valence-corrected chi connectivity index (χ4v) is 9.76. The topological polar surface area (TPSA) is 54.0 Å². The number of fused-ring (bicyclic) bond motifs is 3. The van der Waals surface area contributed by atoms with Gasteiger partial charge in [0.05, 0.1) is 24.9 Å². The maximum absolute atomic E-state index is 12.2. The summed E-state index contributed by atoms with van der Waals surface area (Å²) >= 11 is 0. The number of carbonyl (C=O) groups is 1. The Balaban J connectivity index is 1.21. The first-order chi connectivity index (χ1) is 14.3. The Hall–Kier alpha value is -0.650.